The van der Waals surface area contributed by atoms with Gasteiger partial charge in [-0.3, -0.25) is 10.1 Å². The summed E-state index contributed by atoms with van der Waals surface area (Å²) in [5.74, 6) is 0.204. The van der Waals surface area contributed by atoms with Crippen molar-refractivity contribution in [2.45, 2.75) is 6.61 Å². The first-order chi connectivity index (χ1) is 11.1. The molecule has 0 radical (unpaired) electrons. The number of benzene rings is 2. The fraction of sp³-hybridized carbons (Fsp3) is 0.0588. The van der Waals surface area contributed by atoms with E-state index in [4.69, 9.17) is 4.74 Å². The lowest BCUT2D eigenvalue weighted by molar-refractivity contribution is -0.115. The van der Waals surface area contributed by atoms with Crippen molar-refractivity contribution in [2.75, 3.05) is 0 Å². The van der Waals surface area contributed by atoms with Crippen LogP contribution in [0.25, 0.3) is 6.08 Å². The minimum absolute atomic E-state index is 0.209. The minimum Gasteiger partial charge on any atom is -0.488 e. The highest BCUT2D eigenvalue weighted by atomic mass is 127. The van der Waals surface area contributed by atoms with E-state index in [2.05, 4.69) is 33.2 Å². The predicted molar refractivity (Wildman–Crippen MR) is 94.6 cm³/mol. The molecule has 0 atom stereocenters. The van der Waals surface area contributed by atoms with Crippen LogP contribution in [0, 0.1) is 3.57 Å². The Balaban J connectivity index is 1.78. The lowest BCUT2D eigenvalue weighted by Gasteiger charge is -2.09. The Kier molecular flexibility index (Phi) is 4.61. The van der Waals surface area contributed by atoms with Gasteiger partial charge in [-0.1, -0.05) is 30.3 Å². The fourth-order valence-corrected chi connectivity index (χ4v) is 2.47. The molecule has 6 heteroatoms. The lowest BCUT2D eigenvalue weighted by atomic mass is 10.1. The summed E-state index contributed by atoms with van der Waals surface area (Å²) >= 11 is 2.25. The predicted octanol–water partition coefficient (Wildman–Crippen LogP) is 3.05. The smallest absolute Gasteiger partial charge is 0.326 e. The van der Waals surface area contributed by atoms with Gasteiger partial charge in [0.2, 0.25) is 0 Å². The van der Waals surface area contributed by atoms with Crippen LogP contribution < -0.4 is 15.4 Å². The van der Waals surface area contributed by atoms with Gasteiger partial charge in [0.05, 0.1) is 0 Å². The number of rotatable bonds is 4. The molecule has 1 aliphatic heterocycles. The standard InChI is InChI=1S/C17H13IN2O3/c18-13-7-5-11(6-8-13)10-23-15-4-2-1-3-12(15)9-14-16(21)20-17(22)19-14/h1-9H,10H2,(H2,19,20,21,22)/b14-9-. The van der Waals surface area contributed by atoms with E-state index in [-0.39, 0.29) is 5.70 Å². The SMILES string of the molecule is O=C1NC(=O)/C(=C/c2ccccc2OCc2ccc(I)cc2)N1. The Labute approximate surface area is 146 Å². The number of imide groups is 1. The Hall–Kier alpha value is -2.35. The van der Waals surface area contributed by atoms with Gasteiger partial charge in [0, 0.05) is 9.13 Å². The largest absolute Gasteiger partial charge is 0.488 e. The van der Waals surface area contributed by atoms with E-state index in [0.717, 1.165) is 11.1 Å². The first-order valence-corrected chi connectivity index (χ1v) is 8.00. The van der Waals surface area contributed by atoms with Crippen LogP contribution in [0.15, 0.2) is 54.2 Å². The van der Waals surface area contributed by atoms with Gasteiger partial charge in [-0.2, -0.15) is 0 Å². The molecule has 23 heavy (non-hydrogen) atoms. The fourth-order valence-electron chi connectivity index (χ4n) is 2.11. The van der Waals surface area contributed by atoms with Gasteiger partial charge in [0.1, 0.15) is 18.1 Å². The second kappa shape index (κ2) is 6.82. The van der Waals surface area contributed by atoms with Gasteiger partial charge in [-0.25, -0.2) is 4.79 Å². The van der Waals surface area contributed by atoms with Crippen molar-refractivity contribution < 1.29 is 14.3 Å². The number of nitrogens with one attached hydrogen (secondary N) is 2. The average Bonchev–Trinajstić information content (AvgIpc) is 2.86. The number of urea groups is 1. The molecule has 0 spiro atoms. The zero-order chi connectivity index (χ0) is 16.2. The molecule has 0 aliphatic carbocycles. The molecule has 2 aromatic carbocycles. The van der Waals surface area contributed by atoms with Crippen molar-refractivity contribution in [1.29, 1.82) is 0 Å². The van der Waals surface area contributed by atoms with E-state index in [9.17, 15) is 9.59 Å². The maximum Gasteiger partial charge on any atom is 0.326 e. The van der Waals surface area contributed by atoms with E-state index in [0.29, 0.717) is 12.4 Å². The number of hydrogen-bond donors (Lipinski definition) is 2. The second-order valence-corrected chi connectivity index (χ2v) is 6.16. The molecule has 116 valence electrons. The Morgan fingerprint density at radius 3 is 2.43 bits per heavy atom. The molecule has 1 aliphatic rings. The van der Waals surface area contributed by atoms with Crippen molar-refractivity contribution >= 4 is 40.6 Å². The molecule has 3 amide bonds. The molecule has 0 saturated carbocycles. The summed E-state index contributed by atoms with van der Waals surface area (Å²) in [4.78, 5) is 22.8. The maximum absolute atomic E-state index is 11.6. The van der Waals surface area contributed by atoms with Crippen LogP contribution in [-0.4, -0.2) is 11.9 Å². The van der Waals surface area contributed by atoms with Crippen molar-refractivity contribution in [1.82, 2.24) is 10.6 Å². The minimum atomic E-state index is -0.515. The van der Waals surface area contributed by atoms with Crippen molar-refractivity contribution in [2.24, 2.45) is 0 Å². The van der Waals surface area contributed by atoms with Crippen molar-refractivity contribution in [3.8, 4) is 5.75 Å². The molecule has 2 aromatic rings. The molecule has 1 fully saturated rings. The number of ether oxygens (including phenoxy) is 1. The summed E-state index contributed by atoms with van der Waals surface area (Å²) < 4.78 is 7.01. The summed E-state index contributed by atoms with van der Waals surface area (Å²) in [6.07, 6.45) is 1.60. The molecule has 0 unspecified atom stereocenters. The van der Waals surface area contributed by atoms with Gasteiger partial charge in [0.25, 0.3) is 5.91 Å². The highest BCUT2D eigenvalue weighted by Gasteiger charge is 2.23. The molecule has 3 rings (SSSR count). The zero-order valence-electron chi connectivity index (χ0n) is 12.0. The number of halogens is 1. The van der Waals surface area contributed by atoms with Gasteiger partial charge < -0.3 is 10.1 Å². The van der Waals surface area contributed by atoms with E-state index >= 15 is 0 Å². The molecule has 5 nitrogen and oxygen atoms in total. The molecule has 0 bridgehead atoms. The van der Waals surface area contributed by atoms with Crippen LogP contribution in [0.1, 0.15) is 11.1 Å². The summed E-state index contributed by atoms with van der Waals surface area (Å²) in [5, 5.41) is 4.64. The Bertz CT molecular complexity index is 785. The quantitative estimate of drug-likeness (QED) is 0.454. The second-order valence-electron chi connectivity index (χ2n) is 4.92. The number of para-hydroxylation sites is 1. The van der Waals surface area contributed by atoms with Gasteiger partial charge >= 0.3 is 6.03 Å². The monoisotopic (exact) mass is 420 g/mol. The highest BCUT2D eigenvalue weighted by Crippen LogP contribution is 2.22. The van der Waals surface area contributed by atoms with Crippen molar-refractivity contribution in [3.05, 3.63) is 68.9 Å². The summed E-state index contributed by atoms with van der Waals surface area (Å²) in [5.41, 5.74) is 1.99. The van der Waals surface area contributed by atoms with Crippen molar-refractivity contribution in [3.63, 3.8) is 0 Å². The van der Waals surface area contributed by atoms with Gasteiger partial charge in [-0.05, 0) is 52.4 Å². The molecule has 1 heterocycles. The topological polar surface area (TPSA) is 67.4 Å². The van der Waals surface area contributed by atoms with Crippen LogP contribution in [0.2, 0.25) is 0 Å². The van der Waals surface area contributed by atoms with E-state index < -0.39 is 11.9 Å². The van der Waals surface area contributed by atoms with Gasteiger partial charge in [0.15, 0.2) is 0 Å². The third-order valence-corrected chi connectivity index (χ3v) is 3.97. The normalized spacial score (nSPS) is 15.4. The third-order valence-electron chi connectivity index (χ3n) is 3.25. The Morgan fingerprint density at radius 1 is 1.00 bits per heavy atom. The first kappa shape index (κ1) is 15.5. The van der Waals surface area contributed by atoms with Crippen LogP contribution >= 0.6 is 22.6 Å². The summed E-state index contributed by atoms with van der Waals surface area (Å²) in [6, 6.07) is 14.9. The first-order valence-electron chi connectivity index (χ1n) is 6.92. The maximum atomic E-state index is 11.6. The molecule has 1 saturated heterocycles. The van der Waals surface area contributed by atoms with Crippen LogP contribution in [0.4, 0.5) is 4.79 Å². The van der Waals surface area contributed by atoms with Crippen LogP contribution in [0.5, 0.6) is 5.75 Å². The highest BCUT2D eigenvalue weighted by molar-refractivity contribution is 14.1. The summed E-state index contributed by atoms with van der Waals surface area (Å²) in [6.45, 7) is 0.426. The van der Waals surface area contributed by atoms with Gasteiger partial charge in [-0.15, -0.1) is 0 Å². The van der Waals surface area contributed by atoms with E-state index in [1.807, 2.05) is 48.5 Å². The third kappa shape index (κ3) is 3.89. The zero-order valence-corrected chi connectivity index (χ0v) is 14.2. The average molecular weight is 420 g/mol. The lowest BCUT2D eigenvalue weighted by Crippen LogP contribution is -2.22. The van der Waals surface area contributed by atoms with E-state index in [1.54, 1.807) is 6.08 Å². The number of carbonyl (C=O) groups excluding carboxylic acids is 2. The number of carbonyl (C=O) groups is 2. The Morgan fingerprint density at radius 2 is 1.74 bits per heavy atom. The number of amides is 3. The van der Waals surface area contributed by atoms with Crippen LogP contribution in [0.3, 0.4) is 0 Å². The van der Waals surface area contributed by atoms with E-state index in [1.165, 1.54) is 3.57 Å². The molecular formula is C17H13IN2O3. The van der Waals surface area contributed by atoms with Crippen LogP contribution in [-0.2, 0) is 11.4 Å². The molecule has 2 N–H and O–H groups in total. The number of hydrogen-bond acceptors (Lipinski definition) is 3. The molecule has 0 aromatic heterocycles. The molecular weight excluding hydrogens is 407 g/mol. The summed E-state index contributed by atoms with van der Waals surface area (Å²) in [7, 11) is 0.